The summed E-state index contributed by atoms with van der Waals surface area (Å²) in [4.78, 5) is 0.135. The third-order valence-corrected chi connectivity index (χ3v) is 5.10. The van der Waals surface area contributed by atoms with Gasteiger partial charge in [-0.3, -0.25) is 4.68 Å². The highest BCUT2D eigenvalue weighted by atomic mass is 32.2. The third-order valence-electron chi connectivity index (χ3n) is 3.60. The fourth-order valence-electron chi connectivity index (χ4n) is 2.30. The molecule has 120 valence electrons. The third kappa shape index (κ3) is 3.16. The highest BCUT2D eigenvalue weighted by molar-refractivity contribution is 7.87. The van der Waals surface area contributed by atoms with Crippen LogP contribution in [0, 0.1) is 13.8 Å². The van der Waals surface area contributed by atoms with Crippen molar-refractivity contribution in [2.75, 3.05) is 0 Å². The molecule has 1 heterocycles. The molecule has 0 radical (unpaired) electrons. The first-order chi connectivity index (χ1) is 10.0. The van der Waals surface area contributed by atoms with E-state index >= 15 is 0 Å². The molecule has 0 aliphatic heterocycles. The molecule has 0 aliphatic rings. The average molecular weight is 322 g/mol. The first kappa shape index (κ1) is 16.5. The van der Waals surface area contributed by atoms with Gasteiger partial charge in [0.25, 0.3) is 0 Å². The van der Waals surface area contributed by atoms with Crippen molar-refractivity contribution in [2.24, 2.45) is 7.05 Å². The molecule has 2 rings (SSSR count). The predicted octanol–water partition coefficient (Wildman–Crippen LogP) is 3.10. The minimum atomic E-state index is -3.90. The molecule has 1 aromatic carbocycles. The molecule has 6 heteroatoms. The molecule has 0 bridgehead atoms. The smallest absolute Gasteiger partial charge is 0.342 e. The summed E-state index contributed by atoms with van der Waals surface area (Å²) in [5, 5.41) is 4.13. The van der Waals surface area contributed by atoms with Gasteiger partial charge >= 0.3 is 10.1 Å². The van der Waals surface area contributed by atoms with Gasteiger partial charge in [0.1, 0.15) is 10.6 Å². The van der Waals surface area contributed by atoms with Crippen LogP contribution in [-0.4, -0.2) is 18.2 Å². The highest BCUT2D eigenvalue weighted by Crippen LogP contribution is 2.28. The molecule has 2 aromatic rings. The molecular weight excluding hydrogens is 300 g/mol. The normalized spacial score (nSPS) is 12.5. The predicted molar refractivity (Wildman–Crippen MR) is 85.6 cm³/mol. The summed E-state index contributed by atoms with van der Waals surface area (Å²) in [6, 6.07) is 7.17. The van der Waals surface area contributed by atoms with Gasteiger partial charge < -0.3 is 4.18 Å². The zero-order valence-corrected chi connectivity index (χ0v) is 14.7. The van der Waals surface area contributed by atoms with Crippen molar-refractivity contribution < 1.29 is 12.6 Å². The Balaban J connectivity index is 2.42. The number of aromatic nitrogens is 2. The van der Waals surface area contributed by atoms with Gasteiger partial charge in [0.05, 0.1) is 11.4 Å². The van der Waals surface area contributed by atoms with Gasteiger partial charge in [-0.25, -0.2) is 0 Å². The second-order valence-electron chi connectivity index (χ2n) is 6.44. The van der Waals surface area contributed by atoms with Crippen LogP contribution in [0.4, 0.5) is 0 Å². The molecule has 0 saturated carbocycles. The van der Waals surface area contributed by atoms with Gasteiger partial charge in [-0.15, -0.1) is 0 Å². The van der Waals surface area contributed by atoms with Crippen molar-refractivity contribution in [1.29, 1.82) is 0 Å². The summed E-state index contributed by atoms with van der Waals surface area (Å²) < 4.78 is 31.9. The fourth-order valence-corrected chi connectivity index (χ4v) is 3.64. The quantitative estimate of drug-likeness (QED) is 0.815. The van der Waals surface area contributed by atoms with E-state index in [-0.39, 0.29) is 10.3 Å². The minimum Gasteiger partial charge on any atom is -0.379 e. The van der Waals surface area contributed by atoms with Crippen LogP contribution in [0.15, 0.2) is 29.2 Å². The molecule has 5 nitrogen and oxygen atoms in total. The Bertz CT molecular complexity index is 799. The molecule has 0 atom stereocenters. The molecule has 22 heavy (non-hydrogen) atoms. The SMILES string of the molecule is Cc1nn(C)c(C)c1S(=O)(=O)Oc1cccc(C(C)(C)C)c1. The highest BCUT2D eigenvalue weighted by Gasteiger charge is 2.26. The number of rotatable bonds is 3. The van der Waals surface area contributed by atoms with Gasteiger partial charge in [0.15, 0.2) is 0 Å². The van der Waals surface area contributed by atoms with Crippen molar-refractivity contribution in [2.45, 2.75) is 44.9 Å². The Hall–Kier alpha value is -1.82. The lowest BCUT2D eigenvalue weighted by atomic mass is 9.87. The second kappa shape index (κ2) is 5.43. The van der Waals surface area contributed by atoms with Crippen LogP contribution >= 0.6 is 0 Å². The van der Waals surface area contributed by atoms with Gasteiger partial charge in [0.2, 0.25) is 0 Å². The van der Waals surface area contributed by atoms with Crippen LogP contribution in [0.5, 0.6) is 5.75 Å². The average Bonchev–Trinajstić information content (AvgIpc) is 2.62. The Morgan fingerprint density at radius 3 is 2.32 bits per heavy atom. The standard InChI is InChI=1S/C16H22N2O3S/c1-11-15(12(2)18(6)17-11)22(19,20)21-14-9-7-8-13(10-14)16(3,4)5/h7-10H,1-6H3. The Kier molecular flexibility index (Phi) is 4.08. The first-order valence-electron chi connectivity index (χ1n) is 7.07. The number of hydrogen-bond donors (Lipinski definition) is 0. The first-order valence-corrected chi connectivity index (χ1v) is 8.48. The number of benzene rings is 1. The van der Waals surface area contributed by atoms with Crippen LogP contribution < -0.4 is 4.18 Å². The Morgan fingerprint density at radius 2 is 1.82 bits per heavy atom. The lowest BCUT2D eigenvalue weighted by Crippen LogP contribution is -2.14. The number of nitrogens with zero attached hydrogens (tertiary/aromatic N) is 2. The van der Waals surface area contributed by atoms with E-state index in [0.29, 0.717) is 17.1 Å². The summed E-state index contributed by atoms with van der Waals surface area (Å²) in [5.41, 5.74) is 1.93. The minimum absolute atomic E-state index is 0.0801. The van der Waals surface area contributed by atoms with E-state index in [1.54, 1.807) is 39.1 Å². The fraction of sp³-hybridized carbons (Fsp3) is 0.438. The maximum Gasteiger partial charge on any atom is 0.342 e. The molecule has 0 aliphatic carbocycles. The van der Waals surface area contributed by atoms with Crippen molar-refractivity contribution >= 4 is 10.1 Å². The summed E-state index contributed by atoms with van der Waals surface area (Å²) in [6.45, 7) is 9.57. The van der Waals surface area contributed by atoms with Crippen LogP contribution in [0.25, 0.3) is 0 Å². The van der Waals surface area contributed by atoms with E-state index in [2.05, 4.69) is 25.9 Å². The van der Waals surface area contributed by atoms with Crippen molar-refractivity contribution in [3.63, 3.8) is 0 Å². The summed E-state index contributed by atoms with van der Waals surface area (Å²) in [6.07, 6.45) is 0. The molecule has 0 fully saturated rings. The molecule has 0 saturated heterocycles. The van der Waals surface area contributed by atoms with Crippen molar-refractivity contribution in [1.82, 2.24) is 9.78 Å². The lowest BCUT2D eigenvalue weighted by Gasteiger charge is -2.19. The van der Waals surface area contributed by atoms with E-state index in [4.69, 9.17) is 4.18 Å². The van der Waals surface area contributed by atoms with E-state index in [9.17, 15) is 8.42 Å². The monoisotopic (exact) mass is 322 g/mol. The zero-order valence-electron chi connectivity index (χ0n) is 13.8. The van der Waals surface area contributed by atoms with E-state index in [0.717, 1.165) is 5.56 Å². The van der Waals surface area contributed by atoms with Crippen LogP contribution in [0.2, 0.25) is 0 Å². The molecular formula is C16H22N2O3S. The second-order valence-corrected chi connectivity index (χ2v) is 7.92. The molecule has 0 spiro atoms. The van der Waals surface area contributed by atoms with Crippen LogP contribution in [0.3, 0.4) is 0 Å². The number of aryl methyl sites for hydroxylation is 2. The molecule has 1 aromatic heterocycles. The van der Waals surface area contributed by atoms with E-state index in [1.165, 1.54) is 4.68 Å². The van der Waals surface area contributed by atoms with Crippen LogP contribution in [0.1, 0.15) is 37.7 Å². The van der Waals surface area contributed by atoms with Gasteiger partial charge in [-0.2, -0.15) is 13.5 Å². The largest absolute Gasteiger partial charge is 0.379 e. The lowest BCUT2D eigenvalue weighted by molar-refractivity contribution is 0.482. The van der Waals surface area contributed by atoms with E-state index < -0.39 is 10.1 Å². The zero-order chi connectivity index (χ0) is 16.7. The molecule has 0 unspecified atom stereocenters. The summed E-state index contributed by atoms with van der Waals surface area (Å²) in [5.74, 6) is 0.315. The molecule has 0 N–H and O–H groups in total. The van der Waals surface area contributed by atoms with Gasteiger partial charge in [-0.1, -0.05) is 32.9 Å². The summed E-state index contributed by atoms with van der Waals surface area (Å²) >= 11 is 0. The number of hydrogen-bond acceptors (Lipinski definition) is 4. The van der Waals surface area contributed by atoms with Gasteiger partial charge in [-0.05, 0) is 37.0 Å². The van der Waals surface area contributed by atoms with Gasteiger partial charge in [0, 0.05) is 7.05 Å². The topological polar surface area (TPSA) is 61.2 Å². The van der Waals surface area contributed by atoms with Crippen molar-refractivity contribution in [3.8, 4) is 5.75 Å². The maximum atomic E-state index is 12.5. The van der Waals surface area contributed by atoms with Crippen LogP contribution in [-0.2, 0) is 22.6 Å². The molecule has 0 amide bonds. The van der Waals surface area contributed by atoms with E-state index in [1.807, 2.05) is 6.07 Å². The maximum absolute atomic E-state index is 12.5. The Morgan fingerprint density at radius 1 is 1.18 bits per heavy atom. The van der Waals surface area contributed by atoms with Crippen molar-refractivity contribution in [3.05, 3.63) is 41.2 Å². The summed E-state index contributed by atoms with van der Waals surface area (Å²) in [7, 11) is -2.19. The Labute approximate surface area is 132 Å².